The normalized spacial score (nSPS) is 10.8. The lowest BCUT2D eigenvalue weighted by Crippen LogP contribution is -2.08. The fourth-order valence-electron chi connectivity index (χ4n) is 1.34. The minimum absolute atomic E-state index is 0.0525. The molecule has 0 saturated carbocycles. The summed E-state index contributed by atoms with van der Waals surface area (Å²) < 4.78 is 6.52. The van der Waals surface area contributed by atoms with Crippen LogP contribution in [0.3, 0.4) is 0 Å². The molecule has 0 aliphatic carbocycles. The van der Waals surface area contributed by atoms with Gasteiger partial charge in [-0.15, -0.1) is 0 Å². The van der Waals surface area contributed by atoms with Crippen LogP contribution in [0.4, 0.5) is 0 Å². The maximum absolute atomic E-state index is 10.6. The second kappa shape index (κ2) is 4.85. The Morgan fingerprint density at radius 3 is 2.94 bits per heavy atom. The molecule has 0 radical (unpaired) electrons. The van der Waals surface area contributed by atoms with Gasteiger partial charge in [-0.3, -0.25) is 4.79 Å². The smallest absolute Gasteiger partial charge is 0.302 e. The number of hydrogen-bond acceptors (Lipinski definition) is 5. The summed E-state index contributed by atoms with van der Waals surface area (Å²) in [6.45, 7) is 2.02. The number of nitrogens with zero attached hydrogens (tertiary/aromatic N) is 4. The molecule has 2 aromatic heterocycles. The lowest BCUT2D eigenvalue weighted by atomic mass is 10.5. The molecule has 0 N–H and O–H groups in total. The molecule has 90 valence electrons. The largest absolute Gasteiger partial charge is 0.464 e. The van der Waals surface area contributed by atoms with Crippen LogP contribution >= 0.6 is 23.2 Å². The number of rotatable bonds is 3. The summed E-state index contributed by atoms with van der Waals surface area (Å²) in [7, 11) is 0. The minimum atomic E-state index is -0.333. The van der Waals surface area contributed by atoms with Crippen LogP contribution in [0.15, 0.2) is 6.33 Å². The van der Waals surface area contributed by atoms with Crippen molar-refractivity contribution >= 4 is 40.3 Å². The first-order valence-electron chi connectivity index (χ1n) is 4.75. The highest BCUT2D eigenvalue weighted by Gasteiger charge is 2.10. The highest BCUT2D eigenvalue weighted by molar-refractivity contribution is 6.35. The average molecular weight is 275 g/mol. The van der Waals surface area contributed by atoms with Crippen LogP contribution in [0, 0.1) is 0 Å². The average Bonchev–Trinajstić information content (AvgIpc) is 2.61. The Hall–Kier alpha value is -1.40. The molecule has 0 aliphatic heterocycles. The predicted octanol–water partition coefficient (Wildman–Crippen LogP) is 1.70. The topological polar surface area (TPSA) is 69.9 Å². The Bertz CT molecular complexity index is 569. The van der Waals surface area contributed by atoms with E-state index in [0.717, 1.165) is 0 Å². The Morgan fingerprint density at radius 1 is 1.47 bits per heavy atom. The van der Waals surface area contributed by atoms with Crippen LogP contribution in [-0.4, -0.2) is 32.1 Å². The zero-order chi connectivity index (χ0) is 12.4. The maximum atomic E-state index is 10.6. The van der Waals surface area contributed by atoms with E-state index in [1.54, 1.807) is 10.9 Å². The summed E-state index contributed by atoms with van der Waals surface area (Å²) in [5, 5.41) is 0.253. The van der Waals surface area contributed by atoms with Crippen molar-refractivity contribution in [3.05, 3.63) is 16.8 Å². The number of carbonyl (C=O) groups is 1. The van der Waals surface area contributed by atoms with Gasteiger partial charge in [0.2, 0.25) is 5.28 Å². The number of imidazole rings is 1. The van der Waals surface area contributed by atoms with E-state index >= 15 is 0 Å². The third kappa shape index (κ3) is 2.65. The third-order valence-corrected chi connectivity index (χ3v) is 2.46. The molecular formula is C9H8Cl2N4O2. The van der Waals surface area contributed by atoms with Gasteiger partial charge in [-0.1, -0.05) is 11.6 Å². The number of hydrogen-bond donors (Lipinski definition) is 0. The van der Waals surface area contributed by atoms with Gasteiger partial charge in [-0.2, -0.15) is 4.98 Å². The van der Waals surface area contributed by atoms with Crippen molar-refractivity contribution in [2.24, 2.45) is 0 Å². The highest BCUT2D eigenvalue weighted by Crippen LogP contribution is 2.20. The minimum Gasteiger partial charge on any atom is -0.464 e. The van der Waals surface area contributed by atoms with Gasteiger partial charge in [-0.05, 0) is 11.6 Å². The van der Waals surface area contributed by atoms with Crippen molar-refractivity contribution in [1.29, 1.82) is 0 Å². The number of esters is 1. The van der Waals surface area contributed by atoms with Crippen molar-refractivity contribution < 1.29 is 9.53 Å². The summed E-state index contributed by atoms with van der Waals surface area (Å²) in [6, 6.07) is 0. The summed E-state index contributed by atoms with van der Waals surface area (Å²) in [5.74, 6) is -0.333. The van der Waals surface area contributed by atoms with E-state index in [1.807, 2.05) is 0 Å². The van der Waals surface area contributed by atoms with Gasteiger partial charge < -0.3 is 9.30 Å². The van der Waals surface area contributed by atoms with E-state index in [1.165, 1.54) is 6.92 Å². The van der Waals surface area contributed by atoms with E-state index < -0.39 is 0 Å². The second-order valence-corrected chi connectivity index (χ2v) is 3.93. The number of aromatic nitrogens is 4. The quantitative estimate of drug-likeness (QED) is 0.484. The fourth-order valence-corrected chi connectivity index (χ4v) is 1.76. The molecule has 0 unspecified atom stereocenters. The summed E-state index contributed by atoms with van der Waals surface area (Å²) in [6.07, 6.45) is 1.55. The van der Waals surface area contributed by atoms with Crippen molar-refractivity contribution in [3.63, 3.8) is 0 Å². The van der Waals surface area contributed by atoms with Gasteiger partial charge >= 0.3 is 5.97 Å². The number of ether oxygens (including phenoxy) is 1. The first-order valence-corrected chi connectivity index (χ1v) is 5.51. The first-order chi connectivity index (χ1) is 8.08. The zero-order valence-electron chi connectivity index (χ0n) is 8.85. The number of fused-ring (bicyclic) bond motifs is 1. The Labute approximate surface area is 107 Å². The lowest BCUT2D eigenvalue weighted by molar-refractivity contribution is -0.141. The van der Waals surface area contributed by atoms with Crippen LogP contribution in [0.25, 0.3) is 11.2 Å². The van der Waals surface area contributed by atoms with E-state index in [0.29, 0.717) is 17.7 Å². The molecule has 2 aromatic rings. The molecule has 0 fully saturated rings. The fraction of sp³-hybridized carbons (Fsp3) is 0.333. The molecule has 0 atom stereocenters. The van der Waals surface area contributed by atoms with Gasteiger partial charge in [0.15, 0.2) is 10.8 Å². The van der Waals surface area contributed by atoms with Crippen LogP contribution in [0.1, 0.15) is 6.92 Å². The van der Waals surface area contributed by atoms with Gasteiger partial charge in [0, 0.05) is 6.92 Å². The molecule has 0 bridgehead atoms. The van der Waals surface area contributed by atoms with Crippen LogP contribution in [-0.2, 0) is 16.1 Å². The monoisotopic (exact) mass is 274 g/mol. The summed E-state index contributed by atoms with van der Waals surface area (Å²) in [5.41, 5.74) is 0.987. The van der Waals surface area contributed by atoms with Crippen molar-refractivity contribution in [1.82, 2.24) is 19.5 Å². The molecule has 0 aromatic carbocycles. The van der Waals surface area contributed by atoms with E-state index in [2.05, 4.69) is 15.0 Å². The zero-order valence-corrected chi connectivity index (χ0v) is 10.4. The van der Waals surface area contributed by atoms with Crippen LogP contribution < -0.4 is 0 Å². The summed E-state index contributed by atoms with van der Waals surface area (Å²) in [4.78, 5) is 22.5. The van der Waals surface area contributed by atoms with Crippen LogP contribution in [0.2, 0.25) is 10.4 Å². The van der Waals surface area contributed by atoms with E-state index in [9.17, 15) is 4.79 Å². The molecule has 2 heterocycles. The standard InChI is InChI=1S/C9H8Cl2N4O2/c1-5(16)17-3-2-15-4-12-6-7(10)13-9(11)14-8(6)15/h4H,2-3H2,1H3. The Balaban J connectivity index is 2.26. The highest BCUT2D eigenvalue weighted by atomic mass is 35.5. The third-order valence-electron chi connectivity index (χ3n) is 2.03. The SMILES string of the molecule is CC(=O)OCCn1cnc2c(Cl)nc(Cl)nc21. The Morgan fingerprint density at radius 2 is 2.24 bits per heavy atom. The van der Waals surface area contributed by atoms with Crippen molar-refractivity contribution in [2.75, 3.05) is 6.61 Å². The molecule has 0 amide bonds. The number of carbonyl (C=O) groups excluding carboxylic acids is 1. The van der Waals surface area contributed by atoms with E-state index in [4.69, 9.17) is 27.9 Å². The molecule has 0 saturated heterocycles. The second-order valence-electron chi connectivity index (χ2n) is 3.23. The number of halogens is 2. The Kier molecular flexibility index (Phi) is 3.44. The van der Waals surface area contributed by atoms with Gasteiger partial charge in [0.25, 0.3) is 0 Å². The summed E-state index contributed by atoms with van der Waals surface area (Å²) >= 11 is 11.6. The first kappa shape index (κ1) is 12.1. The molecule has 8 heteroatoms. The van der Waals surface area contributed by atoms with Gasteiger partial charge in [-0.25, -0.2) is 9.97 Å². The molecule has 17 heavy (non-hydrogen) atoms. The van der Waals surface area contributed by atoms with Gasteiger partial charge in [0.05, 0.1) is 12.9 Å². The molecule has 0 aliphatic rings. The molecule has 6 nitrogen and oxygen atoms in total. The van der Waals surface area contributed by atoms with E-state index in [-0.39, 0.29) is 23.0 Å². The van der Waals surface area contributed by atoms with Crippen molar-refractivity contribution in [3.8, 4) is 0 Å². The molecule has 2 rings (SSSR count). The predicted molar refractivity (Wildman–Crippen MR) is 62.0 cm³/mol. The van der Waals surface area contributed by atoms with Crippen LogP contribution in [0.5, 0.6) is 0 Å². The van der Waals surface area contributed by atoms with Crippen molar-refractivity contribution in [2.45, 2.75) is 13.5 Å². The molecule has 0 spiro atoms. The molecular weight excluding hydrogens is 267 g/mol. The lowest BCUT2D eigenvalue weighted by Gasteiger charge is -2.04. The van der Waals surface area contributed by atoms with Gasteiger partial charge in [0.1, 0.15) is 12.1 Å². The maximum Gasteiger partial charge on any atom is 0.302 e.